The Bertz CT molecular complexity index is 769. The number of hydrogen-bond donors (Lipinski definition) is 2. The number of nitrogens with one attached hydrogen (secondary N) is 1. The molecular weight excluding hydrogens is 330 g/mol. The minimum Gasteiger partial charge on any atom is -0.496 e. The van der Waals surface area contributed by atoms with Crippen molar-refractivity contribution in [1.29, 1.82) is 0 Å². The molecular formula is C18H16ClNO4. The van der Waals surface area contributed by atoms with Crippen LogP contribution in [0, 0.1) is 0 Å². The van der Waals surface area contributed by atoms with Gasteiger partial charge in [0.05, 0.1) is 12.7 Å². The highest BCUT2D eigenvalue weighted by atomic mass is 35.5. The molecule has 0 atom stereocenters. The third-order valence-corrected chi connectivity index (χ3v) is 3.51. The molecule has 2 aromatic rings. The summed E-state index contributed by atoms with van der Waals surface area (Å²) in [5.74, 6) is -0.643. The summed E-state index contributed by atoms with van der Waals surface area (Å²) >= 11 is 5.93. The lowest BCUT2D eigenvalue weighted by Gasteiger charge is -2.05. The van der Waals surface area contributed by atoms with Crippen molar-refractivity contribution in [3.8, 4) is 5.75 Å². The summed E-state index contributed by atoms with van der Waals surface area (Å²) < 4.78 is 5.20. The molecule has 0 bridgehead atoms. The fourth-order valence-corrected chi connectivity index (χ4v) is 2.19. The molecule has 2 aromatic carbocycles. The van der Waals surface area contributed by atoms with Gasteiger partial charge >= 0.3 is 5.97 Å². The SMILES string of the molecule is COc1ccc(Cl)cc1C=CC(=O)NCc1ccc(C(=O)O)cc1. The van der Waals surface area contributed by atoms with Gasteiger partial charge in [-0.3, -0.25) is 4.79 Å². The number of ether oxygens (including phenoxy) is 1. The van der Waals surface area contributed by atoms with Crippen LogP contribution in [0.4, 0.5) is 0 Å². The van der Waals surface area contributed by atoms with Gasteiger partial charge < -0.3 is 15.2 Å². The van der Waals surface area contributed by atoms with E-state index in [4.69, 9.17) is 21.4 Å². The number of benzene rings is 2. The Morgan fingerprint density at radius 2 is 1.92 bits per heavy atom. The average molecular weight is 346 g/mol. The number of hydrogen-bond acceptors (Lipinski definition) is 3. The Balaban J connectivity index is 1.96. The number of carboxylic acid groups (broad SMARTS) is 1. The lowest BCUT2D eigenvalue weighted by atomic mass is 10.1. The summed E-state index contributed by atoms with van der Waals surface area (Å²) in [5, 5.41) is 12.1. The highest BCUT2D eigenvalue weighted by Gasteiger charge is 2.04. The van der Waals surface area contributed by atoms with Gasteiger partial charge in [-0.05, 0) is 42.0 Å². The first-order valence-corrected chi connectivity index (χ1v) is 7.49. The molecule has 1 amide bonds. The van der Waals surface area contributed by atoms with Crippen molar-refractivity contribution in [3.05, 3.63) is 70.3 Å². The molecule has 0 saturated heterocycles. The van der Waals surface area contributed by atoms with E-state index in [1.54, 1.807) is 43.5 Å². The van der Waals surface area contributed by atoms with E-state index in [-0.39, 0.29) is 11.5 Å². The highest BCUT2D eigenvalue weighted by molar-refractivity contribution is 6.30. The number of carbonyl (C=O) groups is 2. The maximum Gasteiger partial charge on any atom is 0.335 e. The monoisotopic (exact) mass is 345 g/mol. The Kier molecular flexibility index (Phi) is 5.98. The van der Waals surface area contributed by atoms with Crippen LogP contribution in [-0.4, -0.2) is 24.1 Å². The van der Waals surface area contributed by atoms with Crippen molar-refractivity contribution < 1.29 is 19.4 Å². The Morgan fingerprint density at radius 3 is 2.54 bits per heavy atom. The molecule has 0 aliphatic heterocycles. The molecule has 2 N–H and O–H groups in total. The largest absolute Gasteiger partial charge is 0.496 e. The van der Waals surface area contributed by atoms with E-state index >= 15 is 0 Å². The van der Waals surface area contributed by atoms with Crippen LogP contribution < -0.4 is 10.1 Å². The quantitative estimate of drug-likeness (QED) is 0.787. The smallest absolute Gasteiger partial charge is 0.335 e. The minimum absolute atomic E-state index is 0.207. The highest BCUT2D eigenvalue weighted by Crippen LogP contribution is 2.23. The third kappa shape index (κ3) is 4.86. The molecule has 0 radical (unpaired) electrons. The van der Waals surface area contributed by atoms with Crippen LogP contribution in [0.25, 0.3) is 6.08 Å². The predicted molar refractivity (Wildman–Crippen MR) is 92.3 cm³/mol. The van der Waals surface area contributed by atoms with E-state index in [2.05, 4.69) is 5.32 Å². The molecule has 0 saturated carbocycles. The summed E-state index contributed by atoms with van der Waals surface area (Å²) in [7, 11) is 1.54. The van der Waals surface area contributed by atoms with Gasteiger partial charge in [-0.2, -0.15) is 0 Å². The summed E-state index contributed by atoms with van der Waals surface area (Å²) in [6, 6.07) is 11.4. The molecule has 0 aliphatic rings. The van der Waals surface area contributed by atoms with Gasteiger partial charge in [0.1, 0.15) is 5.75 Å². The van der Waals surface area contributed by atoms with Crippen molar-refractivity contribution in [2.24, 2.45) is 0 Å². The summed E-state index contributed by atoms with van der Waals surface area (Å²) in [4.78, 5) is 22.7. The molecule has 0 spiro atoms. The van der Waals surface area contributed by atoms with E-state index in [0.717, 1.165) is 5.56 Å². The number of aromatic carboxylic acids is 1. The van der Waals surface area contributed by atoms with Gasteiger partial charge in [0.25, 0.3) is 0 Å². The zero-order valence-electron chi connectivity index (χ0n) is 13.0. The molecule has 6 heteroatoms. The second-order valence-electron chi connectivity index (χ2n) is 4.94. The van der Waals surface area contributed by atoms with Gasteiger partial charge in [0, 0.05) is 23.2 Å². The second kappa shape index (κ2) is 8.17. The second-order valence-corrected chi connectivity index (χ2v) is 5.38. The number of carbonyl (C=O) groups excluding carboxylic acids is 1. The molecule has 0 fully saturated rings. The van der Waals surface area contributed by atoms with Crippen LogP contribution in [0.1, 0.15) is 21.5 Å². The third-order valence-electron chi connectivity index (χ3n) is 3.27. The average Bonchev–Trinajstić information content (AvgIpc) is 2.58. The molecule has 24 heavy (non-hydrogen) atoms. The molecule has 0 aromatic heterocycles. The maximum absolute atomic E-state index is 11.9. The van der Waals surface area contributed by atoms with Crippen molar-refractivity contribution in [3.63, 3.8) is 0 Å². The van der Waals surface area contributed by atoms with Gasteiger partial charge in [-0.15, -0.1) is 0 Å². The van der Waals surface area contributed by atoms with Crippen molar-refractivity contribution in [2.45, 2.75) is 6.54 Å². The van der Waals surface area contributed by atoms with E-state index in [0.29, 0.717) is 22.9 Å². The molecule has 124 valence electrons. The molecule has 0 unspecified atom stereocenters. The van der Waals surface area contributed by atoms with Crippen molar-refractivity contribution in [2.75, 3.05) is 7.11 Å². The lowest BCUT2D eigenvalue weighted by molar-refractivity contribution is -0.116. The van der Waals surface area contributed by atoms with Gasteiger partial charge in [0.2, 0.25) is 5.91 Å². The predicted octanol–water partition coefficient (Wildman–Crippen LogP) is 3.38. The summed E-state index contributed by atoms with van der Waals surface area (Å²) in [5.41, 5.74) is 1.71. The summed E-state index contributed by atoms with van der Waals surface area (Å²) in [6.45, 7) is 0.301. The van der Waals surface area contributed by atoms with Crippen LogP contribution >= 0.6 is 11.6 Å². The number of rotatable bonds is 6. The zero-order chi connectivity index (χ0) is 17.5. The Labute approximate surface area is 144 Å². The van der Waals surface area contributed by atoms with E-state index < -0.39 is 5.97 Å². The molecule has 0 heterocycles. The maximum atomic E-state index is 11.9. The first-order chi connectivity index (χ1) is 11.5. The van der Waals surface area contributed by atoms with Crippen molar-refractivity contribution >= 4 is 29.6 Å². The molecule has 2 rings (SSSR count). The topological polar surface area (TPSA) is 75.6 Å². The number of methoxy groups -OCH3 is 1. The summed E-state index contributed by atoms with van der Waals surface area (Å²) in [6.07, 6.45) is 3.01. The van der Waals surface area contributed by atoms with Crippen LogP contribution in [0.2, 0.25) is 5.02 Å². The fourth-order valence-electron chi connectivity index (χ4n) is 2.01. The number of carboxylic acids is 1. The van der Waals surface area contributed by atoms with Gasteiger partial charge in [0.15, 0.2) is 0 Å². The van der Waals surface area contributed by atoms with Crippen molar-refractivity contribution in [1.82, 2.24) is 5.32 Å². The Hall–Kier alpha value is -2.79. The van der Waals surface area contributed by atoms with Crippen LogP contribution in [-0.2, 0) is 11.3 Å². The van der Waals surface area contributed by atoms with E-state index in [1.165, 1.54) is 18.2 Å². The normalized spacial score (nSPS) is 10.6. The minimum atomic E-state index is -0.982. The Morgan fingerprint density at radius 1 is 1.21 bits per heavy atom. The van der Waals surface area contributed by atoms with Gasteiger partial charge in [-0.1, -0.05) is 23.7 Å². The van der Waals surface area contributed by atoms with E-state index in [9.17, 15) is 9.59 Å². The number of amides is 1. The fraction of sp³-hybridized carbons (Fsp3) is 0.111. The number of halogens is 1. The molecule has 0 aliphatic carbocycles. The standard InChI is InChI=1S/C18H16ClNO4/c1-24-16-8-7-15(19)10-14(16)6-9-17(21)20-11-12-2-4-13(5-3-12)18(22)23/h2-10H,11H2,1H3,(H,20,21)(H,22,23). The first-order valence-electron chi connectivity index (χ1n) is 7.11. The van der Waals surface area contributed by atoms with Crippen LogP contribution in [0.15, 0.2) is 48.5 Å². The zero-order valence-corrected chi connectivity index (χ0v) is 13.7. The lowest BCUT2D eigenvalue weighted by Crippen LogP contribution is -2.20. The van der Waals surface area contributed by atoms with E-state index in [1.807, 2.05) is 0 Å². The van der Waals surface area contributed by atoms with Gasteiger partial charge in [-0.25, -0.2) is 4.79 Å². The van der Waals surface area contributed by atoms with Crippen LogP contribution in [0.5, 0.6) is 5.75 Å². The van der Waals surface area contributed by atoms with Crippen LogP contribution in [0.3, 0.4) is 0 Å². The first kappa shape index (κ1) is 17.6. The molecule has 5 nitrogen and oxygen atoms in total.